The maximum atomic E-state index is 6.26. The highest BCUT2D eigenvalue weighted by atomic mass is 14.6. The largest absolute Gasteiger partial charge is 0.328 e. The molecule has 1 heteroatoms. The van der Waals surface area contributed by atoms with Gasteiger partial charge in [-0.15, -0.1) is 0 Å². The molecule has 0 aromatic heterocycles. The molecule has 15 heavy (non-hydrogen) atoms. The normalized spacial score (nSPS) is 41.0. The van der Waals surface area contributed by atoms with E-state index in [4.69, 9.17) is 5.73 Å². The Hall–Kier alpha value is -0.0400. The fraction of sp³-hybridized carbons (Fsp3) is 1.00. The second-order valence-electron chi connectivity index (χ2n) is 6.45. The average Bonchev–Trinajstić information content (AvgIpc) is 2.84. The summed E-state index contributed by atoms with van der Waals surface area (Å²) >= 11 is 0. The van der Waals surface area contributed by atoms with Crippen molar-refractivity contribution in [2.45, 2.75) is 63.8 Å². The van der Waals surface area contributed by atoms with Gasteiger partial charge in [0.1, 0.15) is 0 Å². The molecule has 0 saturated heterocycles. The van der Waals surface area contributed by atoms with Crippen LogP contribution in [-0.4, -0.2) is 6.04 Å². The minimum absolute atomic E-state index is 0.523. The van der Waals surface area contributed by atoms with Crippen LogP contribution >= 0.6 is 0 Å². The van der Waals surface area contributed by atoms with Crippen LogP contribution in [-0.2, 0) is 0 Å². The van der Waals surface area contributed by atoms with Crippen molar-refractivity contribution in [2.24, 2.45) is 29.4 Å². The molecule has 0 spiro atoms. The lowest BCUT2D eigenvalue weighted by Crippen LogP contribution is -2.26. The van der Waals surface area contributed by atoms with E-state index in [-0.39, 0.29) is 0 Å². The molecular formula is C14H25N. The van der Waals surface area contributed by atoms with E-state index >= 15 is 0 Å². The monoisotopic (exact) mass is 207 g/mol. The second-order valence-corrected chi connectivity index (χ2v) is 6.45. The zero-order valence-corrected chi connectivity index (χ0v) is 9.83. The molecule has 2 bridgehead atoms. The average molecular weight is 207 g/mol. The van der Waals surface area contributed by atoms with Gasteiger partial charge in [0.05, 0.1) is 0 Å². The zero-order chi connectivity index (χ0) is 10.3. The van der Waals surface area contributed by atoms with E-state index in [0.717, 1.165) is 23.7 Å². The Kier molecular flexibility index (Phi) is 2.76. The molecule has 0 heterocycles. The molecule has 3 aliphatic carbocycles. The summed E-state index contributed by atoms with van der Waals surface area (Å²) in [4.78, 5) is 0. The summed E-state index contributed by atoms with van der Waals surface area (Å²) in [5, 5.41) is 0. The first-order valence-electron chi connectivity index (χ1n) is 7.07. The number of hydrogen-bond donors (Lipinski definition) is 1. The maximum Gasteiger partial charge on any atom is 0.00416 e. The lowest BCUT2D eigenvalue weighted by molar-refractivity contribution is 0.288. The van der Waals surface area contributed by atoms with Crippen molar-refractivity contribution in [1.82, 2.24) is 0 Å². The molecule has 3 aliphatic rings. The Bertz CT molecular complexity index is 221. The molecule has 2 N–H and O–H groups in total. The fourth-order valence-corrected chi connectivity index (χ4v) is 4.03. The van der Waals surface area contributed by atoms with Crippen LogP contribution in [0.15, 0.2) is 0 Å². The number of fused-ring (bicyclic) bond motifs is 2. The molecule has 0 aromatic carbocycles. The predicted molar refractivity (Wildman–Crippen MR) is 63.5 cm³/mol. The van der Waals surface area contributed by atoms with Gasteiger partial charge >= 0.3 is 0 Å². The topological polar surface area (TPSA) is 26.0 Å². The van der Waals surface area contributed by atoms with Gasteiger partial charge in [0.15, 0.2) is 0 Å². The lowest BCUT2D eigenvalue weighted by Gasteiger charge is -2.24. The van der Waals surface area contributed by atoms with Crippen molar-refractivity contribution in [3.8, 4) is 0 Å². The summed E-state index contributed by atoms with van der Waals surface area (Å²) in [7, 11) is 0. The van der Waals surface area contributed by atoms with Gasteiger partial charge in [0.25, 0.3) is 0 Å². The molecule has 3 saturated carbocycles. The Balaban J connectivity index is 1.40. The SMILES string of the molecule is NC(CCC1CC1)CC1CC2CCC1C2. The van der Waals surface area contributed by atoms with Crippen molar-refractivity contribution in [3.63, 3.8) is 0 Å². The molecule has 86 valence electrons. The van der Waals surface area contributed by atoms with Gasteiger partial charge < -0.3 is 5.73 Å². The third-order valence-corrected chi connectivity index (χ3v) is 5.13. The van der Waals surface area contributed by atoms with Crippen molar-refractivity contribution < 1.29 is 0 Å². The smallest absolute Gasteiger partial charge is 0.00416 e. The minimum atomic E-state index is 0.523. The van der Waals surface area contributed by atoms with Crippen molar-refractivity contribution in [3.05, 3.63) is 0 Å². The number of rotatable bonds is 5. The highest BCUT2D eigenvalue weighted by Crippen LogP contribution is 2.50. The lowest BCUT2D eigenvalue weighted by atomic mass is 9.83. The van der Waals surface area contributed by atoms with Crippen LogP contribution < -0.4 is 5.73 Å². The number of nitrogens with two attached hydrogens (primary N) is 1. The minimum Gasteiger partial charge on any atom is -0.328 e. The van der Waals surface area contributed by atoms with Crippen LogP contribution in [0, 0.1) is 23.7 Å². The molecule has 3 rings (SSSR count). The van der Waals surface area contributed by atoms with Gasteiger partial charge in [0.2, 0.25) is 0 Å². The molecule has 1 nitrogen and oxygen atoms in total. The molecule has 0 aliphatic heterocycles. The molecule has 3 fully saturated rings. The third-order valence-electron chi connectivity index (χ3n) is 5.13. The fourth-order valence-electron chi connectivity index (χ4n) is 4.03. The molecular weight excluding hydrogens is 182 g/mol. The van der Waals surface area contributed by atoms with E-state index < -0.39 is 0 Å². The van der Waals surface area contributed by atoms with Crippen LogP contribution in [0.4, 0.5) is 0 Å². The Morgan fingerprint density at radius 2 is 1.93 bits per heavy atom. The summed E-state index contributed by atoms with van der Waals surface area (Å²) in [6, 6.07) is 0.523. The summed E-state index contributed by atoms with van der Waals surface area (Å²) in [5.74, 6) is 4.24. The Labute approximate surface area is 93.8 Å². The Morgan fingerprint density at radius 3 is 2.53 bits per heavy atom. The summed E-state index contributed by atoms with van der Waals surface area (Å²) in [6.45, 7) is 0. The summed E-state index contributed by atoms with van der Waals surface area (Å²) in [6.07, 6.45) is 13.1. The van der Waals surface area contributed by atoms with E-state index in [1.54, 1.807) is 6.42 Å². The van der Waals surface area contributed by atoms with Gasteiger partial charge in [-0.05, 0) is 62.2 Å². The van der Waals surface area contributed by atoms with Gasteiger partial charge in [0, 0.05) is 6.04 Å². The van der Waals surface area contributed by atoms with E-state index in [0.29, 0.717) is 6.04 Å². The van der Waals surface area contributed by atoms with Gasteiger partial charge in [-0.25, -0.2) is 0 Å². The quantitative estimate of drug-likeness (QED) is 0.735. The van der Waals surface area contributed by atoms with Crippen molar-refractivity contribution >= 4 is 0 Å². The molecule has 0 radical (unpaired) electrons. The molecule has 4 unspecified atom stereocenters. The highest BCUT2D eigenvalue weighted by Gasteiger charge is 2.39. The summed E-state index contributed by atoms with van der Waals surface area (Å²) < 4.78 is 0. The maximum absolute atomic E-state index is 6.26. The van der Waals surface area contributed by atoms with Crippen LogP contribution in [0.2, 0.25) is 0 Å². The van der Waals surface area contributed by atoms with Crippen molar-refractivity contribution in [2.75, 3.05) is 0 Å². The first-order valence-corrected chi connectivity index (χ1v) is 7.07. The molecule has 0 aromatic rings. The van der Waals surface area contributed by atoms with E-state index in [1.807, 2.05) is 0 Å². The first kappa shape index (κ1) is 10.1. The van der Waals surface area contributed by atoms with Gasteiger partial charge in [-0.1, -0.05) is 19.3 Å². The van der Waals surface area contributed by atoms with Crippen LogP contribution in [0.3, 0.4) is 0 Å². The van der Waals surface area contributed by atoms with E-state index in [9.17, 15) is 0 Å². The first-order chi connectivity index (χ1) is 7.31. The summed E-state index contributed by atoms with van der Waals surface area (Å²) in [5.41, 5.74) is 6.26. The van der Waals surface area contributed by atoms with Crippen molar-refractivity contribution in [1.29, 1.82) is 0 Å². The van der Waals surface area contributed by atoms with Crippen LogP contribution in [0.5, 0.6) is 0 Å². The molecule has 4 atom stereocenters. The predicted octanol–water partition coefficient (Wildman–Crippen LogP) is 3.33. The van der Waals surface area contributed by atoms with Gasteiger partial charge in [-0.3, -0.25) is 0 Å². The molecule has 0 amide bonds. The van der Waals surface area contributed by atoms with Crippen LogP contribution in [0.1, 0.15) is 57.8 Å². The Morgan fingerprint density at radius 1 is 1.07 bits per heavy atom. The standard InChI is InChI=1S/C14H25N/c15-14(6-4-10-1-2-10)9-13-8-11-3-5-12(13)7-11/h10-14H,1-9,15H2. The van der Waals surface area contributed by atoms with Gasteiger partial charge in [-0.2, -0.15) is 0 Å². The van der Waals surface area contributed by atoms with Crippen LogP contribution in [0.25, 0.3) is 0 Å². The van der Waals surface area contributed by atoms with E-state index in [1.165, 1.54) is 51.4 Å². The zero-order valence-electron chi connectivity index (χ0n) is 9.83. The third kappa shape index (κ3) is 2.38. The highest BCUT2D eigenvalue weighted by molar-refractivity contribution is 4.91. The second kappa shape index (κ2) is 4.08. The number of hydrogen-bond acceptors (Lipinski definition) is 1. The van der Waals surface area contributed by atoms with E-state index in [2.05, 4.69) is 0 Å².